The van der Waals surface area contributed by atoms with E-state index in [-0.39, 0.29) is 11.9 Å². The van der Waals surface area contributed by atoms with E-state index < -0.39 is 0 Å². The quantitative estimate of drug-likeness (QED) is 0.735. The number of urea groups is 1. The molecule has 126 valence electrons. The second kappa shape index (κ2) is 8.50. The number of hydrogen-bond acceptors (Lipinski definition) is 4. The van der Waals surface area contributed by atoms with E-state index in [0.29, 0.717) is 17.8 Å². The van der Waals surface area contributed by atoms with Crippen LogP contribution in [0.25, 0.3) is 0 Å². The molecule has 7 heteroatoms. The Kier molecular flexibility index (Phi) is 6.37. The Balaban J connectivity index is 1.82. The zero-order chi connectivity index (χ0) is 16.7. The SMILES string of the molecule is CN(C)C(=O)Nc1cccc(C(=O)NCCN2CCNCC2)c1. The van der Waals surface area contributed by atoms with E-state index in [1.54, 1.807) is 38.4 Å². The zero-order valence-corrected chi connectivity index (χ0v) is 13.8. The lowest BCUT2D eigenvalue weighted by molar-refractivity contribution is 0.0947. The molecule has 1 fully saturated rings. The number of anilines is 1. The van der Waals surface area contributed by atoms with Crippen molar-refractivity contribution in [3.63, 3.8) is 0 Å². The van der Waals surface area contributed by atoms with Crippen LogP contribution in [0.4, 0.5) is 10.5 Å². The van der Waals surface area contributed by atoms with Crippen LogP contribution in [0.5, 0.6) is 0 Å². The highest BCUT2D eigenvalue weighted by Crippen LogP contribution is 2.11. The lowest BCUT2D eigenvalue weighted by atomic mass is 10.2. The molecule has 0 bridgehead atoms. The molecule has 3 amide bonds. The molecule has 23 heavy (non-hydrogen) atoms. The predicted molar refractivity (Wildman–Crippen MR) is 90.8 cm³/mol. The second-order valence-electron chi connectivity index (χ2n) is 5.75. The second-order valence-corrected chi connectivity index (χ2v) is 5.75. The normalized spacial score (nSPS) is 15.0. The van der Waals surface area contributed by atoms with Crippen LogP contribution in [0.1, 0.15) is 10.4 Å². The summed E-state index contributed by atoms with van der Waals surface area (Å²) in [6.45, 7) is 5.50. The summed E-state index contributed by atoms with van der Waals surface area (Å²) >= 11 is 0. The Morgan fingerprint density at radius 2 is 2.00 bits per heavy atom. The van der Waals surface area contributed by atoms with E-state index in [9.17, 15) is 9.59 Å². The van der Waals surface area contributed by atoms with Crippen molar-refractivity contribution in [2.45, 2.75) is 0 Å². The molecule has 3 N–H and O–H groups in total. The third-order valence-corrected chi connectivity index (χ3v) is 3.71. The highest BCUT2D eigenvalue weighted by Gasteiger charge is 2.11. The van der Waals surface area contributed by atoms with Crippen molar-refractivity contribution >= 4 is 17.6 Å². The Labute approximate surface area is 137 Å². The van der Waals surface area contributed by atoms with E-state index in [1.165, 1.54) is 4.90 Å². The van der Waals surface area contributed by atoms with Gasteiger partial charge in [-0.25, -0.2) is 4.79 Å². The molecule has 0 aliphatic carbocycles. The van der Waals surface area contributed by atoms with Gasteiger partial charge in [-0.3, -0.25) is 9.69 Å². The summed E-state index contributed by atoms with van der Waals surface area (Å²) in [5.74, 6) is -0.124. The third-order valence-electron chi connectivity index (χ3n) is 3.71. The van der Waals surface area contributed by atoms with Crippen LogP contribution >= 0.6 is 0 Å². The van der Waals surface area contributed by atoms with E-state index in [2.05, 4.69) is 20.9 Å². The summed E-state index contributed by atoms with van der Waals surface area (Å²) in [5.41, 5.74) is 1.15. The Morgan fingerprint density at radius 3 is 2.70 bits per heavy atom. The number of hydrogen-bond donors (Lipinski definition) is 3. The molecule has 0 aromatic heterocycles. The molecule has 0 radical (unpaired) electrons. The van der Waals surface area contributed by atoms with Gasteiger partial charge in [-0.2, -0.15) is 0 Å². The highest BCUT2D eigenvalue weighted by molar-refractivity contribution is 5.96. The van der Waals surface area contributed by atoms with E-state index in [4.69, 9.17) is 0 Å². The number of piperazine rings is 1. The first-order valence-corrected chi connectivity index (χ1v) is 7.86. The number of benzene rings is 1. The molecule has 0 atom stereocenters. The van der Waals surface area contributed by atoms with Crippen molar-refractivity contribution in [3.8, 4) is 0 Å². The molecule has 1 aliphatic rings. The number of rotatable bonds is 5. The van der Waals surface area contributed by atoms with Gasteiger partial charge in [0.05, 0.1) is 0 Å². The number of amides is 3. The fraction of sp³-hybridized carbons (Fsp3) is 0.500. The van der Waals surface area contributed by atoms with E-state index in [0.717, 1.165) is 32.7 Å². The average Bonchev–Trinajstić information content (AvgIpc) is 2.56. The summed E-state index contributed by atoms with van der Waals surface area (Å²) in [4.78, 5) is 27.6. The van der Waals surface area contributed by atoms with Crippen LogP contribution in [0.3, 0.4) is 0 Å². The maximum atomic E-state index is 12.2. The average molecular weight is 319 g/mol. The minimum Gasteiger partial charge on any atom is -0.351 e. The third kappa shape index (κ3) is 5.54. The zero-order valence-electron chi connectivity index (χ0n) is 13.8. The predicted octanol–water partition coefficient (Wildman–Crippen LogP) is 0.415. The van der Waals surface area contributed by atoms with Crippen LogP contribution in [-0.2, 0) is 0 Å². The monoisotopic (exact) mass is 319 g/mol. The van der Waals surface area contributed by atoms with Gasteiger partial charge in [0.1, 0.15) is 0 Å². The Morgan fingerprint density at radius 1 is 1.26 bits per heavy atom. The molecule has 1 saturated heterocycles. The van der Waals surface area contributed by atoms with Gasteiger partial charge >= 0.3 is 6.03 Å². The van der Waals surface area contributed by atoms with Gasteiger partial charge in [0.15, 0.2) is 0 Å². The molecule has 1 aromatic carbocycles. The van der Waals surface area contributed by atoms with Crippen LogP contribution in [-0.4, -0.2) is 75.1 Å². The molecule has 1 aromatic rings. The summed E-state index contributed by atoms with van der Waals surface area (Å²) in [6, 6.07) is 6.73. The van der Waals surface area contributed by atoms with Crippen molar-refractivity contribution < 1.29 is 9.59 Å². The van der Waals surface area contributed by atoms with Crippen molar-refractivity contribution in [1.29, 1.82) is 0 Å². The summed E-state index contributed by atoms with van der Waals surface area (Å²) in [7, 11) is 3.34. The van der Waals surface area contributed by atoms with Crippen molar-refractivity contribution in [1.82, 2.24) is 20.4 Å². The van der Waals surface area contributed by atoms with Gasteiger partial charge in [0.2, 0.25) is 0 Å². The van der Waals surface area contributed by atoms with Crippen LogP contribution < -0.4 is 16.0 Å². The molecule has 1 heterocycles. The molecular weight excluding hydrogens is 294 g/mol. The molecule has 0 spiro atoms. The minimum absolute atomic E-state index is 0.124. The fourth-order valence-electron chi connectivity index (χ4n) is 2.34. The maximum Gasteiger partial charge on any atom is 0.321 e. The molecular formula is C16H25N5O2. The summed E-state index contributed by atoms with van der Waals surface area (Å²) < 4.78 is 0. The summed E-state index contributed by atoms with van der Waals surface area (Å²) in [6.07, 6.45) is 0. The first-order chi connectivity index (χ1) is 11.1. The van der Waals surface area contributed by atoms with Crippen molar-refractivity contribution in [2.24, 2.45) is 0 Å². The lowest BCUT2D eigenvalue weighted by Crippen LogP contribution is -2.46. The Bertz CT molecular complexity index is 541. The lowest BCUT2D eigenvalue weighted by Gasteiger charge is -2.27. The van der Waals surface area contributed by atoms with Gasteiger partial charge in [-0.1, -0.05) is 6.07 Å². The first-order valence-electron chi connectivity index (χ1n) is 7.86. The molecule has 2 rings (SSSR count). The van der Waals surface area contributed by atoms with Gasteiger partial charge in [0.25, 0.3) is 5.91 Å². The van der Waals surface area contributed by atoms with Gasteiger partial charge < -0.3 is 20.9 Å². The first kappa shape index (κ1) is 17.2. The summed E-state index contributed by atoms with van der Waals surface area (Å²) in [5, 5.41) is 8.96. The minimum atomic E-state index is -0.221. The largest absolute Gasteiger partial charge is 0.351 e. The standard InChI is InChI=1S/C16H25N5O2/c1-20(2)16(23)19-14-5-3-4-13(12-14)15(22)18-8-11-21-9-6-17-7-10-21/h3-5,12,17H,6-11H2,1-2H3,(H,18,22)(H,19,23). The van der Waals surface area contributed by atoms with Crippen molar-refractivity contribution in [2.75, 3.05) is 58.7 Å². The number of carbonyl (C=O) groups is 2. The number of carbonyl (C=O) groups excluding carboxylic acids is 2. The maximum absolute atomic E-state index is 12.2. The van der Waals surface area contributed by atoms with Gasteiger partial charge in [-0.15, -0.1) is 0 Å². The van der Waals surface area contributed by atoms with Crippen LogP contribution in [0, 0.1) is 0 Å². The van der Waals surface area contributed by atoms with E-state index >= 15 is 0 Å². The number of nitrogens with zero attached hydrogens (tertiary/aromatic N) is 2. The number of nitrogens with one attached hydrogen (secondary N) is 3. The molecule has 0 unspecified atom stereocenters. The van der Waals surface area contributed by atoms with Gasteiger partial charge in [-0.05, 0) is 18.2 Å². The fourth-order valence-corrected chi connectivity index (χ4v) is 2.34. The van der Waals surface area contributed by atoms with Crippen molar-refractivity contribution in [3.05, 3.63) is 29.8 Å². The molecule has 1 aliphatic heterocycles. The molecule has 7 nitrogen and oxygen atoms in total. The van der Waals surface area contributed by atoms with Gasteiger partial charge in [0, 0.05) is 64.6 Å². The topological polar surface area (TPSA) is 76.7 Å². The van der Waals surface area contributed by atoms with E-state index in [1.807, 2.05) is 0 Å². The van der Waals surface area contributed by atoms with Crippen LogP contribution in [0.15, 0.2) is 24.3 Å². The van der Waals surface area contributed by atoms with Crippen LogP contribution in [0.2, 0.25) is 0 Å². The molecule has 0 saturated carbocycles. The smallest absolute Gasteiger partial charge is 0.321 e. The highest BCUT2D eigenvalue weighted by atomic mass is 16.2. The Hall–Kier alpha value is -2.12.